The Labute approximate surface area is 163 Å². The Morgan fingerprint density at radius 1 is 1.21 bits per heavy atom. The van der Waals surface area contributed by atoms with Crippen LogP contribution in [0.3, 0.4) is 0 Å². The van der Waals surface area contributed by atoms with Gasteiger partial charge in [-0.05, 0) is 42.7 Å². The first-order chi connectivity index (χ1) is 11.2. The van der Waals surface area contributed by atoms with Crippen molar-refractivity contribution in [2.45, 2.75) is 19.8 Å². The summed E-state index contributed by atoms with van der Waals surface area (Å²) in [4.78, 5) is 0. The van der Waals surface area contributed by atoms with Crippen molar-refractivity contribution in [2.75, 3.05) is 13.7 Å². The van der Waals surface area contributed by atoms with Gasteiger partial charge in [0, 0.05) is 0 Å². The summed E-state index contributed by atoms with van der Waals surface area (Å²) in [5.74, 6) is 3.19. The van der Waals surface area contributed by atoms with Gasteiger partial charge in [-0.2, -0.15) is 0 Å². The van der Waals surface area contributed by atoms with Gasteiger partial charge in [0.05, 0.1) is 7.11 Å². The van der Waals surface area contributed by atoms with Gasteiger partial charge in [-0.25, -0.2) is 0 Å². The molecule has 5 heteroatoms. The van der Waals surface area contributed by atoms with Gasteiger partial charge >= 0.3 is 35.6 Å². The normalized spacial score (nSPS) is 23.8. The SMILES string of the molecule is COc1ccc([N-]CC2=CC=CC3CC(C)CC23)cc1.[CH3-].[Cl][Ti][Cl]. The number of benzene rings is 1. The molecule has 0 saturated heterocycles. The minimum atomic E-state index is -0.556. The van der Waals surface area contributed by atoms with Crippen LogP contribution in [0.2, 0.25) is 0 Å². The first-order valence-corrected chi connectivity index (χ1v) is 12.1. The quantitative estimate of drug-likeness (QED) is 0.407. The van der Waals surface area contributed by atoms with E-state index in [1.165, 1.54) is 18.4 Å². The summed E-state index contributed by atoms with van der Waals surface area (Å²) in [5.41, 5.74) is 2.53. The van der Waals surface area contributed by atoms with Crippen LogP contribution in [-0.4, -0.2) is 13.7 Å². The number of rotatable bonds is 4. The Kier molecular flexibility index (Phi) is 10.1. The van der Waals surface area contributed by atoms with Crippen LogP contribution >= 0.6 is 18.6 Å². The molecule has 0 spiro atoms. The van der Waals surface area contributed by atoms with Crippen LogP contribution in [0.4, 0.5) is 5.69 Å². The Balaban J connectivity index is 0.000000671. The van der Waals surface area contributed by atoms with Crippen LogP contribution in [0.5, 0.6) is 5.75 Å². The molecule has 2 aliphatic rings. The van der Waals surface area contributed by atoms with Gasteiger partial charge in [-0.1, -0.05) is 42.9 Å². The maximum atomic E-state index is 5.17. The molecule has 0 aromatic heterocycles. The van der Waals surface area contributed by atoms with Crippen molar-refractivity contribution in [1.82, 2.24) is 0 Å². The van der Waals surface area contributed by atoms with E-state index in [4.69, 9.17) is 28.7 Å². The number of ether oxygens (including phenoxy) is 1. The number of hydrogen-bond donors (Lipinski definition) is 0. The van der Waals surface area contributed by atoms with E-state index in [0.717, 1.165) is 35.7 Å². The molecule has 0 radical (unpaired) electrons. The molecule has 3 rings (SSSR count). The molecule has 0 bridgehead atoms. The second kappa shape index (κ2) is 11.3. The Bertz CT molecular complexity index is 545. The summed E-state index contributed by atoms with van der Waals surface area (Å²) in [6, 6.07) is 7.97. The molecule has 0 amide bonds. The average Bonchev–Trinajstić information content (AvgIpc) is 2.95. The van der Waals surface area contributed by atoms with E-state index in [2.05, 4.69) is 25.2 Å². The van der Waals surface area contributed by atoms with Crippen molar-refractivity contribution in [3.8, 4) is 5.75 Å². The van der Waals surface area contributed by atoms with Gasteiger partial charge in [0.1, 0.15) is 5.75 Å². The Hall–Kier alpha value is -0.406. The molecule has 0 aliphatic heterocycles. The molecular formula is C19H25Cl2NOTi-2. The van der Waals surface area contributed by atoms with Crippen LogP contribution in [0.15, 0.2) is 48.1 Å². The molecule has 3 atom stereocenters. The van der Waals surface area contributed by atoms with Crippen LogP contribution in [-0.2, 0) is 17.0 Å². The third kappa shape index (κ3) is 6.15. The van der Waals surface area contributed by atoms with Gasteiger partial charge < -0.3 is 17.5 Å². The van der Waals surface area contributed by atoms with Gasteiger partial charge in [0.15, 0.2) is 0 Å². The summed E-state index contributed by atoms with van der Waals surface area (Å²) in [6.45, 7) is 3.19. The van der Waals surface area contributed by atoms with Crippen molar-refractivity contribution in [2.24, 2.45) is 17.8 Å². The van der Waals surface area contributed by atoms with Gasteiger partial charge in [0.2, 0.25) is 0 Å². The Morgan fingerprint density at radius 3 is 2.50 bits per heavy atom. The van der Waals surface area contributed by atoms with Gasteiger partial charge in [-0.3, -0.25) is 0 Å². The molecule has 3 unspecified atom stereocenters. The fourth-order valence-electron chi connectivity index (χ4n) is 3.46. The van der Waals surface area contributed by atoms with Gasteiger partial charge in [0.25, 0.3) is 0 Å². The van der Waals surface area contributed by atoms with Crippen LogP contribution in [0.25, 0.3) is 5.32 Å². The van der Waals surface area contributed by atoms with Crippen LogP contribution < -0.4 is 4.74 Å². The van der Waals surface area contributed by atoms with Crippen LogP contribution in [0, 0.1) is 25.2 Å². The molecule has 1 aromatic rings. The summed E-state index contributed by atoms with van der Waals surface area (Å²) < 4.78 is 5.17. The van der Waals surface area contributed by atoms with Gasteiger partial charge in [-0.15, -0.1) is 12.2 Å². The van der Waals surface area contributed by atoms with Crippen molar-refractivity contribution >= 4 is 24.3 Å². The average molecular weight is 402 g/mol. The first-order valence-electron chi connectivity index (χ1n) is 7.83. The fourth-order valence-corrected chi connectivity index (χ4v) is 3.46. The summed E-state index contributed by atoms with van der Waals surface area (Å²) in [5, 5.41) is 4.73. The number of allylic oxidation sites excluding steroid dienone is 3. The minimum absolute atomic E-state index is 0. The maximum absolute atomic E-state index is 5.17. The van der Waals surface area contributed by atoms with Crippen molar-refractivity contribution < 1.29 is 21.8 Å². The van der Waals surface area contributed by atoms with E-state index in [0.29, 0.717) is 0 Å². The zero-order chi connectivity index (χ0) is 16.7. The second-order valence-electron chi connectivity index (χ2n) is 6.06. The zero-order valence-corrected chi connectivity index (χ0v) is 17.6. The zero-order valence-electron chi connectivity index (χ0n) is 14.5. The standard InChI is InChI=1S/C18H22NO.CH3.2ClH.Ti/c1-13-10-14-4-3-5-15(18(14)11-13)12-19-16-6-8-17(20-2)9-7-16;;;;/h3-9,13-14,18H,10-12H2,1-2H3;1H3;2*1H;/q2*-1;;;+2/p-2. The summed E-state index contributed by atoms with van der Waals surface area (Å²) >= 11 is -0.556. The van der Waals surface area contributed by atoms with Crippen molar-refractivity contribution in [3.05, 3.63) is 60.8 Å². The first kappa shape index (κ1) is 21.6. The second-order valence-corrected chi connectivity index (χ2v) is 8.64. The molecule has 0 heterocycles. The summed E-state index contributed by atoms with van der Waals surface area (Å²) in [7, 11) is 11.5. The number of hydrogen-bond acceptors (Lipinski definition) is 1. The van der Waals surface area contributed by atoms with Crippen LogP contribution in [0.1, 0.15) is 19.8 Å². The molecular weight excluding hydrogens is 377 g/mol. The van der Waals surface area contributed by atoms with E-state index < -0.39 is 17.0 Å². The molecule has 0 N–H and O–H groups in total. The molecule has 1 fully saturated rings. The van der Waals surface area contributed by atoms with E-state index in [-0.39, 0.29) is 7.43 Å². The molecule has 2 aliphatic carbocycles. The number of halogens is 2. The topological polar surface area (TPSA) is 23.3 Å². The fraction of sp³-hybridized carbons (Fsp3) is 0.421. The predicted octanol–water partition coefficient (Wildman–Crippen LogP) is 6.69. The molecule has 132 valence electrons. The number of methoxy groups -OCH3 is 1. The van der Waals surface area contributed by atoms with E-state index in [1.54, 1.807) is 7.11 Å². The van der Waals surface area contributed by atoms with E-state index in [9.17, 15) is 0 Å². The third-order valence-electron chi connectivity index (χ3n) is 4.51. The number of fused-ring (bicyclic) bond motifs is 1. The molecule has 1 aromatic carbocycles. The number of nitrogens with zero attached hydrogens (tertiary/aromatic N) is 1. The third-order valence-corrected chi connectivity index (χ3v) is 4.51. The van der Waals surface area contributed by atoms with Crippen molar-refractivity contribution in [1.29, 1.82) is 0 Å². The van der Waals surface area contributed by atoms with Crippen molar-refractivity contribution in [3.63, 3.8) is 0 Å². The van der Waals surface area contributed by atoms with E-state index in [1.807, 2.05) is 24.3 Å². The molecule has 1 saturated carbocycles. The molecule has 24 heavy (non-hydrogen) atoms. The summed E-state index contributed by atoms with van der Waals surface area (Å²) in [6.07, 6.45) is 9.52. The molecule has 2 nitrogen and oxygen atoms in total. The predicted molar refractivity (Wildman–Crippen MR) is 102 cm³/mol. The Morgan fingerprint density at radius 2 is 1.88 bits per heavy atom. The monoisotopic (exact) mass is 401 g/mol. The van der Waals surface area contributed by atoms with E-state index >= 15 is 0 Å².